The molecule has 30 heavy (non-hydrogen) atoms. The van der Waals surface area contributed by atoms with Gasteiger partial charge in [0.25, 0.3) is 0 Å². The topological polar surface area (TPSA) is 58.6 Å². The molecule has 0 bridgehead atoms. The number of benzene rings is 2. The molecule has 5 nitrogen and oxygen atoms in total. The van der Waals surface area contributed by atoms with Gasteiger partial charge in [0.15, 0.2) is 0 Å². The van der Waals surface area contributed by atoms with Crippen molar-refractivity contribution in [1.29, 1.82) is 0 Å². The minimum Gasteiger partial charge on any atom is -0.490 e. The van der Waals surface area contributed by atoms with Crippen LogP contribution in [0.1, 0.15) is 27.7 Å². The van der Waals surface area contributed by atoms with Crippen LogP contribution in [-0.4, -0.2) is 30.7 Å². The highest BCUT2D eigenvalue weighted by Gasteiger charge is 2.38. The second-order valence-electron chi connectivity index (χ2n) is 8.46. The summed E-state index contributed by atoms with van der Waals surface area (Å²) >= 11 is 1.33. The van der Waals surface area contributed by atoms with Crippen molar-refractivity contribution in [2.45, 2.75) is 32.6 Å². The van der Waals surface area contributed by atoms with E-state index in [9.17, 15) is 14.0 Å². The molecular weight excluding hydrogens is 403 g/mol. The molecule has 2 aromatic carbocycles. The van der Waals surface area contributed by atoms with E-state index >= 15 is 0 Å². The van der Waals surface area contributed by atoms with E-state index in [-0.39, 0.29) is 29.3 Å². The minimum absolute atomic E-state index is 0.00490. The molecule has 1 heterocycles. The molecule has 1 aliphatic rings. The third kappa shape index (κ3) is 5.33. The zero-order chi connectivity index (χ0) is 21.9. The van der Waals surface area contributed by atoms with Crippen molar-refractivity contribution in [1.82, 2.24) is 0 Å². The van der Waals surface area contributed by atoms with E-state index in [0.29, 0.717) is 30.3 Å². The lowest BCUT2D eigenvalue weighted by atomic mass is 9.92. The van der Waals surface area contributed by atoms with Crippen LogP contribution in [0.5, 0.6) is 5.75 Å². The number of hydrogen-bond donors (Lipinski definition) is 1. The van der Waals surface area contributed by atoms with Gasteiger partial charge in [-0.25, -0.2) is 4.39 Å². The van der Waals surface area contributed by atoms with Crippen LogP contribution in [0.2, 0.25) is 0 Å². The molecule has 2 aromatic rings. The van der Waals surface area contributed by atoms with Crippen LogP contribution >= 0.6 is 11.8 Å². The molecule has 3 rings (SSSR count). The summed E-state index contributed by atoms with van der Waals surface area (Å²) in [6.07, 6.45) is 0. The van der Waals surface area contributed by atoms with Crippen LogP contribution in [0.25, 0.3) is 0 Å². The first kappa shape index (κ1) is 22.2. The summed E-state index contributed by atoms with van der Waals surface area (Å²) in [4.78, 5) is 28.1. The summed E-state index contributed by atoms with van der Waals surface area (Å²) in [7, 11) is 0. The quantitative estimate of drug-likeness (QED) is 0.658. The van der Waals surface area contributed by atoms with Gasteiger partial charge in [-0.1, -0.05) is 13.8 Å². The molecule has 0 saturated heterocycles. The second kappa shape index (κ2) is 9.08. The summed E-state index contributed by atoms with van der Waals surface area (Å²) in [6.45, 7) is 8.74. The van der Waals surface area contributed by atoms with Gasteiger partial charge in [-0.15, -0.1) is 11.8 Å². The van der Waals surface area contributed by atoms with Crippen molar-refractivity contribution < 1.29 is 18.7 Å². The predicted molar refractivity (Wildman–Crippen MR) is 119 cm³/mol. The van der Waals surface area contributed by atoms with Gasteiger partial charge in [-0.05, 0) is 62.2 Å². The van der Waals surface area contributed by atoms with Gasteiger partial charge < -0.3 is 15.0 Å². The lowest BCUT2D eigenvalue weighted by Gasteiger charge is -2.29. The Bertz CT molecular complexity index is 929. The summed E-state index contributed by atoms with van der Waals surface area (Å²) < 4.78 is 18.9. The van der Waals surface area contributed by atoms with Crippen molar-refractivity contribution in [3.63, 3.8) is 0 Å². The summed E-state index contributed by atoms with van der Waals surface area (Å²) in [6, 6.07) is 11.4. The first-order valence-corrected chi connectivity index (χ1v) is 10.9. The van der Waals surface area contributed by atoms with Gasteiger partial charge in [0.1, 0.15) is 18.2 Å². The smallest absolute Gasteiger partial charge is 0.236 e. The average Bonchev–Trinajstić information content (AvgIpc) is 2.78. The Morgan fingerprint density at radius 3 is 2.60 bits per heavy atom. The molecule has 0 spiro atoms. The molecule has 7 heteroatoms. The van der Waals surface area contributed by atoms with Gasteiger partial charge in [-0.3, -0.25) is 9.59 Å². The number of fused-ring (bicyclic) bond motifs is 1. The van der Waals surface area contributed by atoms with Crippen LogP contribution in [0, 0.1) is 17.2 Å². The molecule has 0 aliphatic carbocycles. The zero-order valence-corrected chi connectivity index (χ0v) is 18.5. The average molecular weight is 431 g/mol. The van der Waals surface area contributed by atoms with Crippen LogP contribution in [0.3, 0.4) is 0 Å². The van der Waals surface area contributed by atoms with Crippen LogP contribution in [0.4, 0.5) is 15.8 Å². The van der Waals surface area contributed by atoms with Gasteiger partial charge in [0, 0.05) is 17.1 Å². The summed E-state index contributed by atoms with van der Waals surface area (Å²) in [5.41, 5.74) is 0.634. The molecule has 0 saturated carbocycles. The van der Waals surface area contributed by atoms with Gasteiger partial charge >= 0.3 is 0 Å². The minimum atomic E-state index is -0.636. The third-order valence-electron chi connectivity index (χ3n) is 4.68. The number of anilines is 2. The van der Waals surface area contributed by atoms with Crippen LogP contribution in [-0.2, 0) is 9.59 Å². The maximum atomic E-state index is 13.1. The van der Waals surface area contributed by atoms with Crippen molar-refractivity contribution in [2.24, 2.45) is 11.3 Å². The number of amides is 2. The number of hydrogen-bond acceptors (Lipinski definition) is 4. The fourth-order valence-electron chi connectivity index (χ4n) is 3.15. The molecule has 2 amide bonds. The van der Waals surface area contributed by atoms with E-state index in [1.54, 1.807) is 35.2 Å². The van der Waals surface area contributed by atoms with E-state index < -0.39 is 5.41 Å². The van der Waals surface area contributed by atoms with Crippen LogP contribution < -0.4 is 15.0 Å². The Morgan fingerprint density at radius 2 is 1.93 bits per heavy atom. The highest BCUT2D eigenvalue weighted by atomic mass is 32.2. The van der Waals surface area contributed by atoms with Crippen molar-refractivity contribution in [3.8, 4) is 5.75 Å². The Morgan fingerprint density at radius 1 is 1.23 bits per heavy atom. The molecule has 0 atom stereocenters. The number of thioether (sulfide) groups is 1. The van der Waals surface area contributed by atoms with Crippen molar-refractivity contribution in [3.05, 3.63) is 48.3 Å². The molecule has 1 N–H and O–H groups in total. The molecule has 0 aromatic heterocycles. The van der Waals surface area contributed by atoms with Gasteiger partial charge in [0.2, 0.25) is 11.8 Å². The Balaban J connectivity index is 1.75. The fraction of sp³-hybridized carbons (Fsp3) is 0.391. The number of nitrogens with zero attached hydrogens (tertiary/aromatic N) is 1. The normalized spacial score (nSPS) is 15.4. The number of halogens is 1. The highest BCUT2D eigenvalue weighted by Crippen LogP contribution is 2.38. The maximum Gasteiger partial charge on any atom is 0.236 e. The van der Waals surface area contributed by atoms with Crippen molar-refractivity contribution in [2.75, 3.05) is 29.1 Å². The molecule has 0 radical (unpaired) electrons. The molecule has 160 valence electrons. The number of ether oxygens (including phenoxy) is 1. The Hall–Kier alpha value is -2.54. The molecular formula is C23H27FN2O3S. The Labute approximate surface area is 181 Å². The fourth-order valence-corrected chi connectivity index (χ4v) is 3.84. The number of carbonyl (C=O) groups is 2. The third-order valence-corrected chi connectivity index (χ3v) is 5.69. The maximum absolute atomic E-state index is 13.1. The summed E-state index contributed by atoms with van der Waals surface area (Å²) in [5, 5.41) is 2.88. The standard InChI is InChI=1S/C23H27FN2O3S/c1-15(2)12-26-19-11-17(7-10-20(19)29-14-23(3,4)22(26)28)25-21(27)13-30-18-8-5-16(24)6-9-18/h5-11,15H,12-14H2,1-4H3,(H,25,27). The first-order chi connectivity index (χ1) is 14.2. The van der Waals surface area contributed by atoms with E-state index in [1.807, 2.05) is 13.8 Å². The van der Waals surface area contributed by atoms with Crippen molar-refractivity contribution >= 4 is 35.0 Å². The van der Waals surface area contributed by atoms with E-state index in [0.717, 1.165) is 4.90 Å². The summed E-state index contributed by atoms with van der Waals surface area (Å²) in [5.74, 6) is 0.626. The highest BCUT2D eigenvalue weighted by molar-refractivity contribution is 8.00. The van der Waals surface area contributed by atoms with Gasteiger partial charge in [-0.2, -0.15) is 0 Å². The zero-order valence-electron chi connectivity index (χ0n) is 17.7. The van der Waals surface area contributed by atoms with E-state index in [4.69, 9.17) is 4.74 Å². The largest absolute Gasteiger partial charge is 0.490 e. The molecule has 1 aliphatic heterocycles. The number of carbonyl (C=O) groups excluding carboxylic acids is 2. The van der Waals surface area contributed by atoms with Crippen LogP contribution in [0.15, 0.2) is 47.4 Å². The second-order valence-corrected chi connectivity index (χ2v) is 9.50. The number of nitrogens with one attached hydrogen (secondary N) is 1. The lowest BCUT2D eigenvalue weighted by molar-refractivity contribution is -0.127. The van der Waals surface area contributed by atoms with E-state index in [1.165, 1.54) is 23.9 Å². The first-order valence-electron chi connectivity index (χ1n) is 9.93. The molecule has 0 fully saturated rings. The van der Waals surface area contributed by atoms with Gasteiger partial charge in [0.05, 0.1) is 16.9 Å². The number of rotatable bonds is 6. The SMILES string of the molecule is CC(C)CN1C(=O)C(C)(C)COc2ccc(NC(=O)CSc3ccc(F)cc3)cc21. The Kier molecular flexibility index (Phi) is 6.71. The monoisotopic (exact) mass is 430 g/mol. The van der Waals surface area contributed by atoms with E-state index in [2.05, 4.69) is 19.2 Å². The lowest BCUT2D eigenvalue weighted by Crippen LogP contribution is -2.43. The molecule has 0 unspecified atom stereocenters. The predicted octanol–water partition coefficient (Wildman–Crippen LogP) is 4.96.